The average Bonchev–Trinajstić information content (AvgIpc) is 4.10. The average molecular weight is 987 g/mol. The van der Waals surface area contributed by atoms with Crippen molar-refractivity contribution in [3.63, 3.8) is 0 Å². The molecule has 0 spiro atoms. The lowest BCUT2D eigenvalue weighted by Crippen LogP contribution is -2.30. The minimum atomic E-state index is -0.0233. The largest absolute Gasteiger partial charge is 0.458 e. The Balaban J connectivity index is 0.823. The van der Waals surface area contributed by atoms with Gasteiger partial charge in [-0.25, -0.2) is 4.98 Å². The van der Waals surface area contributed by atoms with Crippen molar-refractivity contribution in [3.8, 4) is 73.2 Å². The van der Waals surface area contributed by atoms with Gasteiger partial charge in [-0.05, 0) is 156 Å². The van der Waals surface area contributed by atoms with Crippen LogP contribution in [-0.2, 0) is 5.41 Å². The van der Waals surface area contributed by atoms with Gasteiger partial charge in [-0.1, -0.05) is 178 Å². The van der Waals surface area contributed by atoms with E-state index in [4.69, 9.17) is 9.72 Å². The lowest BCUT2D eigenvalue weighted by molar-refractivity contribution is -0.571. The third kappa shape index (κ3) is 6.60. The van der Waals surface area contributed by atoms with E-state index < -0.39 is 0 Å². The molecule has 77 heavy (non-hydrogen) atoms. The van der Waals surface area contributed by atoms with Crippen molar-refractivity contribution in [2.75, 3.05) is 0 Å². The first-order chi connectivity index (χ1) is 37.8. The molecule has 0 atom stereocenters. The number of ether oxygens (including phenoxy) is 1. The fourth-order valence-corrected chi connectivity index (χ4v) is 13.2. The Morgan fingerprint density at radius 2 is 1.04 bits per heavy atom. The molecule has 0 saturated carbocycles. The smallest absolute Gasteiger partial charge is 0.269 e. The second-order valence-electron chi connectivity index (χ2n) is 22.0. The Morgan fingerprint density at radius 1 is 0.442 bits per heavy atom. The Hall–Kier alpha value is -9.58. The van der Waals surface area contributed by atoms with Crippen molar-refractivity contribution >= 4 is 32.8 Å². The maximum Gasteiger partial charge on any atom is 0.269 e. The van der Waals surface area contributed by atoms with Crippen molar-refractivity contribution < 1.29 is 9.30 Å². The van der Waals surface area contributed by atoms with Gasteiger partial charge in [0.15, 0.2) is 0 Å². The predicted octanol–water partition coefficient (Wildman–Crippen LogP) is 17.3. The van der Waals surface area contributed by atoms with Gasteiger partial charge >= 0.3 is 0 Å². The second-order valence-corrected chi connectivity index (χ2v) is 22.0. The molecule has 3 aromatic heterocycles. The van der Waals surface area contributed by atoms with Crippen LogP contribution in [0.1, 0.15) is 71.6 Å². The first-order valence-corrected chi connectivity index (χ1v) is 26.8. The Morgan fingerprint density at radius 3 is 1.83 bits per heavy atom. The van der Waals surface area contributed by atoms with E-state index in [1.807, 2.05) is 12.3 Å². The molecular weight excluding hydrogens is 937 g/mol. The summed E-state index contributed by atoms with van der Waals surface area (Å²) in [5.41, 5.74) is 25.5. The molecule has 3 aliphatic carbocycles. The molecule has 2 bridgehead atoms. The van der Waals surface area contributed by atoms with Crippen LogP contribution in [-0.4, -0.2) is 14.1 Å². The molecule has 0 amide bonds. The predicted molar refractivity (Wildman–Crippen MR) is 311 cm³/mol. The second kappa shape index (κ2) is 16.5. The Bertz CT molecular complexity index is 4570. The first kappa shape index (κ1) is 43.8. The van der Waals surface area contributed by atoms with E-state index in [2.05, 4.69) is 265 Å². The van der Waals surface area contributed by atoms with Gasteiger partial charge in [0.25, 0.3) is 6.33 Å². The SMILES string of the molecule is CC(C)(C)c1ccnc(-n2c3ccccc3c3ccc(Oc4cccc(-n5[c-][n+]6c7c(cccc75)-c5ccc(-c7ccc8c(c7)C7c9ccccc9C8c8ccccc87)cc5-c5ccccc5-c5ccccc5-6)c4)cc32)c1. The van der Waals surface area contributed by atoms with Gasteiger partial charge in [-0.15, -0.1) is 0 Å². The zero-order chi connectivity index (χ0) is 51.1. The number of rotatable bonds is 5. The highest BCUT2D eigenvalue weighted by Crippen LogP contribution is 2.56. The number of hydrogen-bond acceptors (Lipinski definition) is 2. The number of aromatic nitrogens is 4. The van der Waals surface area contributed by atoms with E-state index in [9.17, 15) is 0 Å². The zero-order valence-electron chi connectivity index (χ0n) is 42.9. The number of hydrogen-bond donors (Lipinski definition) is 0. The summed E-state index contributed by atoms with van der Waals surface area (Å²) in [4.78, 5) is 4.91. The molecule has 1 aliphatic heterocycles. The van der Waals surface area contributed by atoms with Crippen molar-refractivity contribution in [1.82, 2.24) is 14.1 Å². The van der Waals surface area contributed by atoms with E-state index in [0.717, 1.165) is 67.3 Å². The van der Waals surface area contributed by atoms with Gasteiger partial charge in [-0.2, -0.15) is 0 Å². The van der Waals surface area contributed by atoms with Crippen molar-refractivity contribution in [3.05, 3.63) is 282 Å². The highest BCUT2D eigenvalue weighted by atomic mass is 16.5. The molecule has 4 heterocycles. The van der Waals surface area contributed by atoms with Gasteiger partial charge in [-0.3, -0.25) is 13.7 Å². The molecule has 0 N–H and O–H groups in total. The summed E-state index contributed by atoms with van der Waals surface area (Å²) in [7, 11) is 0. The zero-order valence-corrected chi connectivity index (χ0v) is 42.9. The van der Waals surface area contributed by atoms with Crippen LogP contribution in [0.15, 0.2) is 237 Å². The van der Waals surface area contributed by atoms with Gasteiger partial charge in [0.05, 0.1) is 33.4 Å². The van der Waals surface area contributed by atoms with Crippen molar-refractivity contribution in [1.29, 1.82) is 0 Å². The molecule has 0 unspecified atom stereocenters. The third-order valence-corrected chi connectivity index (χ3v) is 16.7. The van der Waals surface area contributed by atoms with Crippen molar-refractivity contribution in [2.45, 2.75) is 38.0 Å². The van der Waals surface area contributed by atoms with Crippen LogP contribution < -0.4 is 9.30 Å². The molecule has 13 aromatic rings. The van der Waals surface area contributed by atoms with E-state index in [-0.39, 0.29) is 17.3 Å². The standard InChI is InChI=1S/C72H50N4O/c1-72(2,3)46-36-37-73-68(40-46)76-65-28-13-11-21-54(65)55-35-32-49(42-67(55)76)77-48-17-14-16-47(41-48)74-43-75-64-27-12-10-20-53(64)50-18-4-5-19-51(50)62-38-44(30-33-52(62)61-26-15-29-66(74)71(61)75)45-31-34-60-63(39-45)70-58-24-8-6-22-56(58)69(60)57-23-7-9-25-59(57)70/h4-42,69-70H,1-3H3. The monoisotopic (exact) mass is 986 g/mol. The summed E-state index contributed by atoms with van der Waals surface area (Å²) >= 11 is 0. The molecule has 5 nitrogen and oxygen atoms in total. The highest BCUT2D eigenvalue weighted by Gasteiger charge is 2.41. The lowest BCUT2D eigenvalue weighted by Gasteiger charge is -2.42. The summed E-state index contributed by atoms with van der Waals surface area (Å²) in [5, 5.41) is 2.32. The van der Waals surface area contributed by atoms with Crippen LogP contribution in [0.2, 0.25) is 0 Å². The summed E-state index contributed by atoms with van der Waals surface area (Å²) in [6.07, 6.45) is 5.82. The van der Waals surface area contributed by atoms with Crippen LogP contribution in [0.5, 0.6) is 11.5 Å². The van der Waals surface area contributed by atoms with Gasteiger partial charge < -0.3 is 4.74 Å². The number of fused-ring (bicyclic) bond motifs is 10. The Labute approximate surface area is 447 Å². The quantitative estimate of drug-likeness (QED) is 0.127. The molecule has 0 radical (unpaired) electrons. The molecule has 0 saturated heterocycles. The lowest BCUT2D eigenvalue weighted by atomic mass is 9.61. The maximum absolute atomic E-state index is 6.85. The molecule has 364 valence electrons. The van der Waals surface area contributed by atoms with Gasteiger partial charge in [0.1, 0.15) is 17.3 Å². The summed E-state index contributed by atoms with van der Waals surface area (Å²) in [6.45, 7) is 6.73. The molecule has 0 fully saturated rings. The normalized spacial score (nSPS) is 14.7. The highest BCUT2D eigenvalue weighted by molar-refractivity contribution is 6.09. The molecule has 5 heteroatoms. The van der Waals surface area contributed by atoms with Crippen LogP contribution in [0.25, 0.3) is 94.5 Å². The minimum Gasteiger partial charge on any atom is -0.458 e. The van der Waals surface area contributed by atoms with Gasteiger partial charge in [0.2, 0.25) is 0 Å². The van der Waals surface area contributed by atoms with E-state index >= 15 is 0 Å². The number of benzene rings is 10. The Kier molecular flexibility index (Phi) is 9.36. The van der Waals surface area contributed by atoms with Crippen molar-refractivity contribution in [2.24, 2.45) is 0 Å². The first-order valence-electron chi connectivity index (χ1n) is 26.8. The summed E-state index contributed by atoms with van der Waals surface area (Å²) < 4.78 is 13.6. The fourth-order valence-electron chi connectivity index (χ4n) is 13.2. The molecule has 17 rings (SSSR count). The van der Waals surface area contributed by atoms with E-state index in [1.54, 1.807) is 0 Å². The molecule has 4 aliphatic rings. The summed E-state index contributed by atoms with van der Waals surface area (Å²) in [6, 6.07) is 84.6. The molecule has 10 aromatic carbocycles. The van der Waals surface area contributed by atoms with Crippen LogP contribution >= 0.6 is 0 Å². The van der Waals surface area contributed by atoms with Crippen LogP contribution in [0, 0.1) is 6.33 Å². The van der Waals surface area contributed by atoms with Crippen LogP contribution in [0.3, 0.4) is 0 Å². The molecular formula is C72H50N4O. The summed E-state index contributed by atoms with van der Waals surface area (Å²) in [5.74, 6) is 2.81. The van der Waals surface area contributed by atoms with E-state index in [0.29, 0.717) is 0 Å². The maximum atomic E-state index is 6.85. The number of pyridine rings is 1. The van der Waals surface area contributed by atoms with Crippen LogP contribution in [0.4, 0.5) is 0 Å². The number of nitrogens with zero attached hydrogens (tertiary/aromatic N) is 4. The fraction of sp³-hybridized carbons (Fsp3) is 0.0833. The topological polar surface area (TPSA) is 35.9 Å². The minimum absolute atomic E-state index is 0.0233. The van der Waals surface area contributed by atoms with Gasteiger partial charge in [0, 0.05) is 34.9 Å². The number of imidazole rings is 1. The number of para-hydroxylation sites is 3. The third-order valence-electron chi connectivity index (χ3n) is 16.7. The van der Waals surface area contributed by atoms with E-state index in [1.165, 1.54) is 77.7 Å².